The van der Waals surface area contributed by atoms with Crippen LogP contribution in [0, 0.1) is 35.0 Å². The van der Waals surface area contributed by atoms with Gasteiger partial charge in [0.25, 0.3) is 0 Å². The number of carbonyl (C=O) groups is 1. The molecule has 4 fully saturated rings. The van der Waals surface area contributed by atoms with Gasteiger partial charge >= 0.3 is 0 Å². The molecule has 0 spiro atoms. The number of hydrogen-bond donors (Lipinski definition) is 0. The van der Waals surface area contributed by atoms with Crippen LogP contribution in [0.3, 0.4) is 0 Å². The van der Waals surface area contributed by atoms with Crippen molar-refractivity contribution in [1.82, 2.24) is 0 Å². The molecule has 0 aliphatic heterocycles. The minimum atomic E-state index is 0.107. The molecule has 0 heterocycles. The lowest BCUT2D eigenvalue weighted by molar-refractivity contribution is -0.144. The first-order valence-electron chi connectivity index (χ1n) is 14.6. The fourth-order valence-electron chi connectivity index (χ4n) is 7.58. The van der Waals surface area contributed by atoms with Gasteiger partial charge in [0, 0.05) is 11.8 Å². The zero-order valence-electron chi connectivity index (χ0n) is 23.4. The third kappa shape index (κ3) is 7.96. The Bertz CT molecular complexity index is 724. The number of allylic oxidation sites excluding steroid dienone is 6. The molecular formula is C33H54O. The Morgan fingerprint density at radius 2 is 1.18 bits per heavy atom. The highest BCUT2D eigenvalue weighted by Gasteiger charge is 2.53. The second-order valence-corrected chi connectivity index (χ2v) is 13.2. The van der Waals surface area contributed by atoms with E-state index in [-0.39, 0.29) is 5.41 Å². The molecule has 0 saturated heterocycles. The molecule has 0 aromatic carbocycles. The molecule has 4 bridgehead atoms. The van der Waals surface area contributed by atoms with Gasteiger partial charge in [0.2, 0.25) is 0 Å². The maximum atomic E-state index is 13.3. The second kappa shape index (κ2) is 12.7. The maximum absolute atomic E-state index is 13.3. The third-order valence-corrected chi connectivity index (χ3v) is 9.67. The summed E-state index contributed by atoms with van der Waals surface area (Å²) in [6.07, 6.45) is 24.3. The predicted molar refractivity (Wildman–Crippen MR) is 148 cm³/mol. The highest BCUT2D eigenvalue weighted by molar-refractivity contribution is 5.85. The van der Waals surface area contributed by atoms with Crippen LogP contribution < -0.4 is 0 Å². The van der Waals surface area contributed by atoms with E-state index in [2.05, 4.69) is 59.8 Å². The Morgan fingerprint density at radius 3 is 1.71 bits per heavy atom. The van der Waals surface area contributed by atoms with E-state index in [4.69, 9.17) is 0 Å². The van der Waals surface area contributed by atoms with Crippen molar-refractivity contribution in [3.05, 3.63) is 34.9 Å². The first kappa shape index (κ1) is 27.5. The third-order valence-electron chi connectivity index (χ3n) is 9.67. The molecule has 0 N–H and O–H groups in total. The first-order chi connectivity index (χ1) is 16.2. The summed E-state index contributed by atoms with van der Waals surface area (Å²) in [7, 11) is 0. The molecule has 2 unspecified atom stereocenters. The Morgan fingerprint density at radius 1 is 0.706 bits per heavy atom. The van der Waals surface area contributed by atoms with Gasteiger partial charge < -0.3 is 0 Å². The maximum Gasteiger partial charge on any atom is 0.139 e. The van der Waals surface area contributed by atoms with Crippen LogP contribution in [0.1, 0.15) is 131 Å². The van der Waals surface area contributed by atoms with E-state index < -0.39 is 0 Å². The van der Waals surface area contributed by atoms with Crippen LogP contribution in [0.2, 0.25) is 0 Å². The van der Waals surface area contributed by atoms with Gasteiger partial charge in [-0.15, -0.1) is 0 Å². The number of rotatable bonds is 14. The quantitative estimate of drug-likeness (QED) is 0.233. The standard InChI is InChI=1S/C33H54O/c1-24(2)10-7-11-25(3)12-8-13-26(4)14-9-15-27(5)28(6)16-17-32(34)33-21-29-18-30(22-33)20-31(19-29)23-33/h10,12,14,27-31H,7-9,11,13,15-23H2,1-6H3. The molecule has 1 heteroatoms. The SMILES string of the molecule is CC(C)=CCCC(C)=CCCC(C)=CCCC(C)C(C)CCC(=O)C12CC3CC(CC(C3)C1)C2. The predicted octanol–water partition coefficient (Wildman–Crippen LogP) is 10.0. The summed E-state index contributed by atoms with van der Waals surface area (Å²) < 4.78 is 0. The average molecular weight is 467 g/mol. The van der Waals surface area contributed by atoms with E-state index in [1.807, 2.05) is 0 Å². The largest absolute Gasteiger partial charge is 0.299 e. The lowest BCUT2D eigenvalue weighted by atomic mass is 9.48. The van der Waals surface area contributed by atoms with Gasteiger partial charge in [-0.05, 0) is 141 Å². The minimum absolute atomic E-state index is 0.107. The molecule has 4 aliphatic carbocycles. The molecule has 0 amide bonds. The molecule has 2 atom stereocenters. The summed E-state index contributed by atoms with van der Waals surface area (Å²) in [5.74, 6) is 4.63. The van der Waals surface area contributed by atoms with E-state index in [0.29, 0.717) is 17.6 Å². The molecule has 0 radical (unpaired) electrons. The zero-order valence-corrected chi connectivity index (χ0v) is 23.4. The molecule has 0 aromatic rings. The van der Waals surface area contributed by atoms with Crippen LogP contribution >= 0.6 is 0 Å². The number of ketones is 1. The Kier molecular flexibility index (Phi) is 10.3. The summed E-state index contributed by atoms with van der Waals surface area (Å²) >= 11 is 0. The molecule has 34 heavy (non-hydrogen) atoms. The molecular weight excluding hydrogens is 412 g/mol. The van der Waals surface area contributed by atoms with Crippen LogP contribution in [0.15, 0.2) is 34.9 Å². The van der Waals surface area contributed by atoms with Crippen molar-refractivity contribution in [2.45, 2.75) is 131 Å². The van der Waals surface area contributed by atoms with Crippen LogP contribution in [0.5, 0.6) is 0 Å². The summed E-state index contributed by atoms with van der Waals surface area (Å²) in [4.78, 5) is 13.3. The Balaban J connectivity index is 1.32. The van der Waals surface area contributed by atoms with Gasteiger partial charge in [0.1, 0.15) is 5.78 Å². The molecule has 1 nitrogen and oxygen atoms in total. The van der Waals surface area contributed by atoms with Crippen molar-refractivity contribution >= 4 is 5.78 Å². The second-order valence-electron chi connectivity index (χ2n) is 13.2. The van der Waals surface area contributed by atoms with Crippen molar-refractivity contribution in [3.63, 3.8) is 0 Å². The fourth-order valence-corrected chi connectivity index (χ4v) is 7.58. The zero-order chi connectivity index (χ0) is 24.7. The van der Waals surface area contributed by atoms with E-state index in [1.165, 1.54) is 93.8 Å². The monoisotopic (exact) mass is 466 g/mol. The van der Waals surface area contributed by atoms with Crippen LogP contribution in [-0.4, -0.2) is 5.78 Å². The lowest BCUT2D eigenvalue weighted by Crippen LogP contribution is -2.50. The summed E-state index contributed by atoms with van der Waals surface area (Å²) in [6.45, 7) is 13.7. The van der Waals surface area contributed by atoms with E-state index in [1.54, 1.807) is 0 Å². The van der Waals surface area contributed by atoms with Gasteiger partial charge in [-0.1, -0.05) is 48.8 Å². The number of Topliss-reactive ketones (excluding diaryl/α,β-unsaturated/α-hetero) is 1. The van der Waals surface area contributed by atoms with Crippen LogP contribution in [0.4, 0.5) is 0 Å². The van der Waals surface area contributed by atoms with Crippen LogP contribution in [0.25, 0.3) is 0 Å². The van der Waals surface area contributed by atoms with Gasteiger partial charge in [0.15, 0.2) is 0 Å². The molecule has 192 valence electrons. The van der Waals surface area contributed by atoms with Gasteiger partial charge in [-0.2, -0.15) is 0 Å². The average Bonchev–Trinajstić information content (AvgIpc) is 2.75. The Labute approximate surface area is 211 Å². The van der Waals surface area contributed by atoms with Crippen molar-refractivity contribution < 1.29 is 4.79 Å². The normalized spacial score (nSPS) is 30.4. The van der Waals surface area contributed by atoms with Crippen molar-refractivity contribution in [1.29, 1.82) is 0 Å². The summed E-state index contributed by atoms with van der Waals surface area (Å²) in [5.41, 5.74) is 4.58. The van der Waals surface area contributed by atoms with Gasteiger partial charge in [0.05, 0.1) is 0 Å². The minimum Gasteiger partial charge on any atom is -0.299 e. The fraction of sp³-hybridized carbons (Fsp3) is 0.788. The highest BCUT2D eigenvalue weighted by atomic mass is 16.1. The van der Waals surface area contributed by atoms with Gasteiger partial charge in [-0.25, -0.2) is 0 Å². The number of hydrogen-bond acceptors (Lipinski definition) is 1. The first-order valence-corrected chi connectivity index (χ1v) is 14.6. The van der Waals surface area contributed by atoms with Crippen LogP contribution in [-0.2, 0) is 4.79 Å². The smallest absolute Gasteiger partial charge is 0.139 e. The molecule has 4 saturated carbocycles. The van der Waals surface area contributed by atoms with Gasteiger partial charge in [-0.3, -0.25) is 4.79 Å². The number of carbonyl (C=O) groups excluding carboxylic acids is 1. The topological polar surface area (TPSA) is 17.1 Å². The van der Waals surface area contributed by atoms with Crippen molar-refractivity contribution in [3.8, 4) is 0 Å². The Hall–Kier alpha value is -1.11. The molecule has 0 aromatic heterocycles. The highest BCUT2D eigenvalue weighted by Crippen LogP contribution is 2.60. The van der Waals surface area contributed by atoms with Crippen molar-refractivity contribution in [2.24, 2.45) is 35.0 Å². The summed E-state index contributed by atoms with van der Waals surface area (Å²) in [6, 6.07) is 0. The van der Waals surface area contributed by atoms with E-state index in [0.717, 1.165) is 30.6 Å². The molecule has 4 rings (SSSR count). The van der Waals surface area contributed by atoms with Crippen molar-refractivity contribution in [2.75, 3.05) is 0 Å². The lowest BCUT2D eigenvalue weighted by Gasteiger charge is -2.56. The summed E-state index contributed by atoms with van der Waals surface area (Å²) in [5, 5.41) is 0. The van der Waals surface area contributed by atoms with E-state index in [9.17, 15) is 4.79 Å². The molecule has 4 aliphatic rings. The van der Waals surface area contributed by atoms with E-state index >= 15 is 0 Å².